The van der Waals surface area contributed by atoms with Gasteiger partial charge < -0.3 is 14.5 Å². The number of aromatic nitrogens is 4. The second kappa shape index (κ2) is 6.00. The normalized spacial score (nSPS) is 14.1. The lowest BCUT2D eigenvalue weighted by Gasteiger charge is -2.11. The number of hydrogen-bond acceptors (Lipinski definition) is 6. The van der Waals surface area contributed by atoms with Gasteiger partial charge in [0.25, 0.3) is 0 Å². The molecule has 0 aromatic carbocycles. The first kappa shape index (κ1) is 14.2. The highest BCUT2D eigenvalue weighted by molar-refractivity contribution is 5.73. The molecule has 1 aliphatic carbocycles. The Morgan fingerprint density at radius 2 is 2.22 bits per heavy atom. The molecular weight excluding hydrogens is 294 g/mol. The van der Waals surface area contributed by atoms with Gasteiger partial charge in [-0.2, -0.15) is 5.10 Å². The molecule has 23 heavy (non-hydrogen) atoms. The van der Waals surface area contributed by atoms with Crippen molar-refractivity contribution in [1.82, 2.24) is 19.6 Å². The van der Waals surface area contributed by atoms with E-state index >= 15 is 0 Å². The molecule has 7 nitrogen and oxygen atoms in total. The van der Waals surface area contributed by atoms with Crippen molar-refractivity contribution in [3.05, 3.63) is 41.5 Å². The number of nitrogens with zero attached hydrogens (tertiary/aromatic N) is 4. The number of anilines is 1. The number of ether oxygens (including phenoxy) is 1. The van der Waals surface area contributed by atoms with E-state index in [1.807, 2.05) is 10.7 Å². The third kappa shape index (κ3) is 2.57. The SMILES string of the molecule is COCc1ocnc1CNc1nccn2nc3c(c12)CCCC3. The van der Waals surface area contributed by atoms with E-state index in [1.165, 1.54) is 30.5 Å². The lowest BCUT2D eigenvalue weighted by atomic mass is 9.97. The molecule has 0 atom stereocenters. The Bertz CT molecular complexity index is 823. The van der Waals surface area contributed by atoms with Crippen LogP contribution in [0.5, 0.6) is 0 Å². The van der Waals surface area contributed by atoms with E-state index in [2.05, 4.69) is 20.4 Å². The fourth-order valence-corrected chi connectivity index (χ4v) is 3.15. The van der Waals surface area contributed by atoms with Gasteiger partial charge in [0.05, 0.1) is 12.2 Å². The molecule has 7 heteroatoms. The predicted molar refractivity (Wildman–Crippen MR) is 84.2 cm³/mol. The Labute approximate surface area is 133 Å². The molecule has 0 radical (unpaired) electrons. The molecule has 0 saturated heterocycles. The average Bonchev–Trinajstić information content (AvgIpc) is 3.17. The Hall–Kier alpha value is -2.41. The van der Waals surface area contributed by atoms with Crippen LogP contribution in [0.3, 0.4) is 0 Å². The van der Waals surface area contributed by atoms with E-state index in [4.69, 9.17) is 9.15 Å². The van der Waals surface area contributed by atoms with Gasteiger partial charge in [-0.1, -0.05) is 0 Å². The van der Waals surface area contributed by atoms with Gasteiger partial charge in [0.1, 0.15) is 17.8 Å². The van der Waals surface area contributed by atoms with Crippen LogP contribution in [0, 0.1) is 0 Å². The second-order valence-electron chi connectivity index (χ2n) is 5.71. The van der Waals surface area contributed by atoms with E-state index in [0.717, 1.165) is 35.6 Å². The fraction of sp³-hybridized carbons (Fsp3) is 0.438. The molecule has 3 aromatic heterocycles. The maximum Gasteiger partial charge on any atom is 0.181 e. The van der Waals surface area contributed by atoms with Gasteiger partial charge in [0.15, 0.2) is 18.0 Å². The fourth-order valence-electron chi connectivity index (χ4n) is 3.15. The highest BCUT2D eigenvalue weighted by Crippen LogP contribution is 2.28. The zero-order valence-corrected chi connectivity index (χ0v) is 13.1. The minimum atomic E-state index is 0.413. The Balaban J connectivity index is 1.64. The Morgan fingerprint density at radius 3 is 3.13 bits per heavy atom. The largest absolute Gasteiger partial charge is 0.446 e. The first-order valence-electron chi connectivity index (χ1n) is 7.86. The predicted octanol–water partition coefficient (Wildman–Crippen LogP) is 2.35. The maximum absolute atomic E-state index is 5.34. The number of rotatable bonds is 5. The van der Waals surface area contributed by atoms with E-state index in [1.54, 1.807) is 13.3 Å². The highest BCUT2D eigenvalue weighted by atomic mass is 16.5. The van der Waals surface area contributed by atoms with Crippen molar-refractivity contribution in [1.29, 1.82) is 0 Å². The summed E-state index contributed by atoms with van der Waals surface area (Å²) in [7, 11) is 1.64. The zero-order valence-electron chi connectivity index (χ0n) is 13.1. The van der Waals surface area contributed by atoms with Crippen LogP contribution in [0.1, 0.15) is 35.6 Å². The third-order valence-corrected chi connectivity index (χ3v) is 4.24. The van der Waals surface area contributed by atoms with Crippen LogP contribution >= 0.6 is 0 Å². The molecule has 1 N–H and O–H groups in total. The number of aryl methyl sites for hydroxylation is 2. The molecule has 0 bridgehead atoms. The number of methoxy groups -OCH3 is 1. The van der Waals surface area contributed by atoms with Gasteiger partial charge in [-0.3, -0.25) is 0 Å². The van der Waals surface area contributed by atoms with Crippen LogP contribution in [-0.2, 0) is 30.7 Å². The molecule has 3 aromatic rings. The van der Waals surface area contributed by atoms with Gasteiger partial charge in [-0.15, -0.1) is 0 Å². The van der Waals surface area contributed by atoms with Gasteiger partial charge in [0, 0.05) is 25.1 Å². The molecule has 120 valence electrons. The quantitative estimate of drug-likeness (QED) is 0.779. The molecular formula is C16H19N5O2. The summed E-state index contributed by atoms with van der Waals surface area (Å²) in [5.74, 6) is 1.58. The first-order valence-corrected chi connectivity index (χ1v) is 7.86. The summed E-state index contributed by atoms with van der Waals surface area (Å²) in [4.78, 5) is 8.75. The molecule has 0 spiro atoms. The van der Waals surface area contributed by atoms with Gasteiger partial charge in [-0.05, 0) is 25.7 Å². The smallest absolute Gasteiger partial charge is 0.181 e. The minimum absolute atomic E-state index is 0.413. The van der Waals surface area contributed by atoms with Crippen LogP contribution < -0.4 is 5.32 Å². The Kier molecular flexibility index (Phi) is 3.70. The van der Waals surface area contributed by atoms with Crippen LogP contribution in [0.15, 0.2) is 23.2 Å². The van der Waals surface area contributed by atoms with Crippen LogP contribution in [-0.4, -0.2) is 26.7 Å². The van der Waals surface area contributed by atoms with E-state index in [0.29, 0.717) is 13.2 Å². The van der Waals surface area contributed by atoms with Crippen molar-refractivity contribution in [2.75, 3.05) is 12.4 Å². The zero-order chi connectivity index (χ0) is 15.6. The minimum Gasteiger partial charge on any atom is -0.446 e. The number of oxazole rings is 1. The van der Waals surface area contributed by atoms with Crippen molar-refractivity contribution in [2.24, 2.45) is 0 Å². The summed E-state index contributed by atoms with van der Waals surface area (Å²) in [6.45, 7) is 0.957. The molecule has 4 rings (SSSR count). The number of fused-ring (bicyclic) bond motifs is 3. The van der Waals surface area contributed by atoms with Crippen molar-refractivity contribution >= 4 is 11.3 Å². The van der Waals surface area contributed by atoms with Gasteiger partial charge >= 0.3 is 0 Å². The number of hydrogen-bond donors (Lipinski definition) is 1. The summed E-state index contributed by atoms with van der Waals surface area (Å²) in [5, 5.41) is 8.06. The molecule has 0 aliphatic heterocycles. The topological polar surface area (TPSA) is 77.5 Å². The van der Waals surface area contributed by atoms with Crippen molar-refractivity contribution in [3.8, 4) is 0 Å². The van der Waals surface area contributed by atoms with Crippen LogP contribution in [0.4, 0.5) is 5.82 Å². The highest BCUT2D eigenvalue weighted by Gasteiger charge is 2.19. The van der Waals surface area contributed by atoms with E-state index in [-0.39, 0.29) is 0 Å². The monoisotopic (exact) mass is 313 g/mol. The maximum atomic E-state index is 5.34. The van der Waals surface area contributed by atoms with E-state index in [9.17, 15) is 0 Å². The third-order valence-electron chi connectivity index (χ3n) is 4.24. The molecule has 3 heterocycles. The first-order chi connectivity index (χ1) is 11.4. The molecule has 1 aliphatic rings. The summed E-state index contributed by atoms with van der Waals surface area (Å²) in [5.41, 5.74) is 4.45. The van der Waals surface area contributed by atoms with Crippen LogP contribution in [0.2, 0.25) is 0 Å². The summed E-state index contributed by atoms with van der Waals surface area (Å²) < 4.78 is 12.4. The van der Waals surface area contributed by atoms with Gasteiger partial charge in [0.2, 0.25) is 0 Å². The van der Waals surface area contributed by atoms with Crippen LogP contribution in [0.25, 0.3) is 5.52 Å². The van der Waals surface area contributed by atoms with E-state index < -0.39 is 0 Å². The average molecular weight is 313 g/mol. The van der Waals surface area contributed by atoms with Gasteiger partial charge in [-0.25, -0.2) is 14.5 Å². The second-order valence-corrected chi connectivity index (χ2v) is 5.71. The molecule has 0 fully saturated rings. The van der Waals surface area contributed by atoms with Crippen molar-refractivity contribution in [2.45, 2.75) is 38.8 Å². The lowest BCUT2D eigenvalue weighted by molar-refractivity contribution is 0.163. The summed E-state index contributed by atoms with van der Waals surface area (Å²) in [6, 6.07) is 0. The summed E-state index contributed by atoms with van der Waals surface area (Å²) >= 11 is 0. The Morgan fingerprint density at radius 1 is 1.30 bits per heavy atom. The molecule has 0 amide bonds. The van der Waals surface area contributed by atoms with Crippen molar-refractivity contribution in [3.63, 3.8) is 0 Å². The standard InChI is InChI=1S/C16H19N5O2/c1-22-9-14-13(19-10-23-14)8-18-16-15-11-4-2-3-5-12(11)20-21(15)7-6-17-16/h6-7,10H,2-5,8-9H2,1H3,(H,17,18). The molecule has 0 unspecified atom stereocenters. The van der Waals surface area contributed by atoms with Crippen molar-refractivity contribution < 1.29 is 9.15 Å². The molecule has 0 saturated carbocycles. The number of nitrogens with one attached hydrogen (secondary N) is 1. The lowest BCUT2D eigenvalue weighted by Crippen LogP contribution is -2.07. The summed E-state index contributed by atoms with van der Waals surface area (Å²) in [6.07, 6.45) is 9.67.